The van der Waals surface area contributed by atoms with E-state index < -0.39 is 0 Å². The number of nitrogens with zero attached hydrogens (tertiary/aromatic N) is 5. The Kier molecular flexibility index (Phi) is 22.1. The normalized spacial score (nSPS) is 11.5. The van der Waals surface area contributed by atoms with Crippen LogP contribution in [0.2, 0.25) is 0 Å². The topological polar surface area (TPSA) is 25.4 Å². The van der Waals surface area contributed by atoms with Crippen LogP contribution in [-0.2, 0) is 16.2 Å². The van der Waals surface area contributed by atoms with E-state index in [0.717, 1.165) is 147 Å². The molecule has 0 aliphatic carbocycles. The van der Waals surface area contributed by atoms with Gasteiger partial charge in [-0.15, -0.1) is 0 Å². The van der Waals surface area contributed by atoms with Crippen LogP contribution in [0.15, 0.2) is 437 Å². The Labute approximate surface area is 709 Å². The van der Waals surface area contributed by atoms with Gasteiger partial charge >= 0.3 is 0 Å². The highest BCUT2D eigenvalue weighted by Gasteiger charge is 2.31. The second-order valence-electron chi connectivity index (χ2n) is 33.8. The summed E-state index contributed by atoms with van der Waals surface area (Å²) in [4.78, 5) is 12.2. The van der Waals surface area contributed by atoms with Gasteiger partial charge < -0.3 is 29.2 Å². The summed E-state index contributed by atoms with van der Waals surface area (Å²) in [6.07, 6.45) is 0. The minimum absolute atomic E-state index is 0.0186. The van der Waals surface area contributed by atoms with Crippen molar-refractivity contribution in [2.24, 2.45) is 0 Å². The third-order valence-corrected chi connectivity index (χ3v) is 22.5. The lowest BCUT2D eigenvalue weighted by molar-refractivity contribution is 0.483. The summed E-state index contributed by atoms with van der Waals surface area (Å²) >= 11 is 0. The first-order chi connectivity index (χ1) is 58.4. The van der Waals surface area contributed by atoms with Crippen LogP contribution < -0.4 is 29.2 Å². The summed E-state index contributed by atoms with van der Waals surface area (Å²) in [5.74, 6) is 1.38. The van der Waals surface area contributed by atoms with Gasteiger partial charge in [-0.25, -0.2) is 0 Å². The van der Waals surface area contributed by atoms with Crippen molar-refractivity contribution in [3.05, 3.63) is 453 Å². The number of para-hydroxylation sites is 9. The zero-order chi connectivity index (χ0) is 82.3. The largest absolute Gasteiger partial charge is 0.457 e. The fraction of sp³-hybridized carbons (Fsp3) is 0.105. The zero-order valence-corrected chi connectivity index (χ0v) is 69.7. The molecule has 0 atom stereocenters. The molecule has 0 amide bonds. The SMILES string of the molecule is CC(C)(C)c1ccc(-c2ccccc2N(c2ccccc2)c2cc(Oc3ccccc3)cc(N(c3ccccc3)c3cccc(N(c4cc(N(c5ccccc5)c5ccccc5-c5ccc(C(C)(C)C)cc5)cc(N(c5ccccc5)c5ccccc5-c5ccc(C(C)(C)C)cc5)c4)c4c(-c5ccccc5)cccc4-c4ccccc4)c3)c2)cc1. The maximum atomic E-state index is 7.17. The van der Waals surface area contributed by atoms with E-state index >= 15 is 0 Å². The van der Waals surface area contributed by atoms with Crippen molar-refractivity contribution in [3.63, 3.8) is 0 Å². The number of anilines is 15. The number of ether oxygens (including phenoxy) is 1. The van der Waals surface area contributed by atoms with Crippen LogP contribution in [0.5, 0.6) is 11.5 Å². The molecule has 0 spiro atoms. The van der Waals surface area contributed by atoms with E-state index in [2.05, 4.69) is 493 Å². The van der Waals surface area contributed by atoms with Gasteiger partial charge in [0.05, 0.1) is 51.2 Å². The standard InChI is InChI=1S/C114H99N5O/c1-112(2,3)87-69-63-84(64-70-87)103-55-31-34-60-108(103)116(91-45-23-13-24-46-91)96-76-97(117(92-47-25-14-26-48-92)109-61-35-32-56-104(109)85-65-71-88(72-66-85)113(4,5)6)78-98(77-96)119(111-106(82-39-17-10-18-40-82)58-38-59-107(111)83-41-19-11-20-42-83)95-52-37-51-94(75-95)115(90-43-21-12-22-44-90)99-79-100(81-102(80-99)120-101-53-29-16-30-54-101)118(93-49-27-15-28-50-93)110-62-36-33-57-105(110)86-67-73-89(74-68-86)114(7,8)9/h10-81H,1-9H3. The van der Waals surface area contributed by atoms with Gasteiger partial charge in [-0.05, 0) is 182 Å². The van der Waals surface area contributed by atoms with E-state index in [9.17, 15) is 0 Å². The Hall–Kier alpha value is -14.5. The first-order valence-corrected chi connectivity index (χ1v) is 41.6. The molecular formula is C114H99N5O. The molecule has 6 nitrogen and oxygen atoms in total. The van der Waals surface area contributed by atoms with Crippen molar-refractivity contribution in [2.45, 2.75) is 78.6 Å². The van der Waals surface area contributed by atoms with Crippen molar-refractivity contribution >= 4 is 85.3 Å². The molecule has 0 aliphatic heterocycles. The minimum Gasteiger partial charge on any atom is -0.457 e. The molecule has 0 aliphatic rings. The Morgan fingerprint density at radius 2 is 0.400 bits per heavy atom. The summed E-state index contributed by atoms with van der Waals surface area (Å²) in [7, 11) is 0. The smallest absolute Gasteiger partial charge is 0.131 e. The Bertz CT molecular complexity index is 6120. The molecule has 17 rings (SSSR count). The summed E-state index contributed by atoms with van der Waals surface area (Å²) in [6.45, 7) is 20.5. The van der Waals surface area contributed by atoms with Crippen molar-refractivity contribution < 1.29 is 4.74 Å². The average Bonchev–Trinajstić information content (AvgIpc) is 0.741. The van der Waals surface area contributed by atoms with E-state index in [1.54, 1.807) is 0 Å². The predicted molar refractivity (Wildman–Crippen MR) is 510 cm³/mol. The van der Waals surface area contributed by atoms with Gasteiger partial charge in [0, 0.05) is 74.1 Å². The summed E-state index contributed by atoms with van der Waals surface area (Å²) < 4.78 is 7.17. The van der Waals surface area contributed by atoms with Gasteiger partial charge in [0.2, 0.25) is 0 Å². The first-order valence-electron chi connectivity index (χ1n) is 41.6. The van der Waals surface area contributed by atoms with Crippen LogP contribution in [0.3, 0.4) is 0 Å². The molecule has 0 aromatic heterocycles. The van der Waals surface area contributed by atoms with Crippen LogP contribution in [0, 0.1) is 0 Å². The molecule has 0 unspecified atom stereocenters. The van der Waals surface area contributed by atoms with E-state index in [-0.39, 0.29) is 16.2 Å². The highest BCUT2D eigenvalue weighted by atomic mass is 16.5. The Morgan fingerprint density at radius 1 is 0.167 bits per heavy atom. The molecule has 0 saturated heterocycles. The van der Waals surface area contributed by atoms with E-state index in [1.807, 2.05) is 30.3 Å². The maximum Gasteiger partial charge on any atom is 0.131 e. The molecule has 0 N–H and O–H groups in total. The molecule has 17 aromatic carbocycles. The van der Waals surface area contributed by atoms with Crippen LogP contribution >= 0.6 is 0 Å². The lowest BCUT2D eigenvalue weighted by Crippen LogP contribution is -2.18. The maximum absolute atomic E-state index is 7.17. The van der Waals surface area contributed by atoms with Gasteiger partial charge in [0.15, 0.2) is 0 Å². The van der Waals surface area contributed by atoms with Crippen LogP contribution in [0.1, 0.15) is 79.0 Å². The molecule has 120 heavy (non-hydrogen) atoms. The lowest BCUT2D eigenvalue weighted by Gasteiger charge is -2.36. The van der Waals surface area contributed by atoms with Crippen molar-refractivity contribution in [1.29, 1.82) is 0 Å². The van der Waals surface area contributed by atoms with E-state index in [4.69, 9.17) is 4.74 Å². The quantitative estimate of drug-likeness (QED) is 0.0671. The van der Waals surface area contributed by atoms with Crippen LogP contribution in [-0.4, -0.2) is 0 Å². The third-order valence-electron chi connectivity index (χ3n) is 22.5. The van der Waals surface area contributed by atoms with Gasteiger partial charge in [-0.1, -0.05) is 366 Å². The summed E-state index contributed by atoms with van der Waals surface area (Å²) in [5, 5.41) is 0. The Morgan fingerprint density at radius 3 is 0.742 bits per heavy atom. The zero-order valence-electron chi connectivity index (χ0n) is 69.7. The van der Waals surface area contributed by atoms with Crippen molar-refractivity contribution in [2.75, 3.05) is 24.5 Å². The van der Waals surface area contributed by atoms with Gasteiger partial charge in [0.1, 0.15) is 11.5 Å². The highest BCUT2D eigenvalue weighted by molar-refractivity contribution is 6.02. The molecule has 0 fully saturated rings. The summed E-state index contributed by atoms with van der Waals surface area (Å²) in [6, 6.07) is 159. The fourth-order valence-corrected chi connectivity index (χ4v) is 16.4. The average molecular weight is 1560 g/mol. The van der Waals surface area contributed by atoms with Crippen LogP contribution in [0.25, 0.3) is 55.6 Å². The molecule has 0 radical (unpaired) electrons. The highest BCUT2D eigenvalue weighted by Crippen LogP contribution is 2.55. The van der Waals surface area contributed by atoms with Gasteiger partial charge in [-0.3, -0.25) is 0 Å². The first kappa shape index (κ1) is 78.1. The number of rotatable bonds is 22. The van der Waals surface area contributed by atoms with Crippen molar-refractivity contribution in [3.8, 4) is 67.1 Å². The fourth-order valence-electron chi connectivity index (χ4n) is 16.4. The van der Waals surface area contributed by atoms with Crippen molar-refractivity contribution in [1.82, 2.24) is 0 Å². The molecule has 6 heteroatoms. The molecule has 0 bridgehead atoms. The molecule has 17 aromatic rings. The molecular weight excluding hydrogens is 1460 g/mol. The second kappa shape index (κ2) is 34.0. The lowest BCUT2D eigenvalue weighted by atomic mass is 9.86. The van der Waals surface area contributed by atoms with Gasteiger partial charge in [0.25, 0.3) is 0 Å². The number of hydrogen-bond acceptors (Lipinski definition) is 6. The number of benzene rings is 17. The Balaban J connectivity index is 0.960. The predicted octanol–water partition coefficient (Wildman–Crippen LogP) is 33.1. The summed E-state index contributed by atoms with van der Waals surface area (Å²) in [5.41, 5.74) is 28.9. The van der Waals surface area contributed by atoms with Crippen LogP contribution in [0.4, 0.5) is 85.3 Å². The minimum atomic E-state index is -0.0424. The molecule has 0 heterocycles. The number of hydrogen-bond donors (Lipinski definition) is 0. The van der Waals surface area contributed by atoms with E-state index in [1.165, 1.54) is 16.7 Å². The molecule has 586 valence electrons. The second-order valence-corrected chi connectivity index (χ2v) is 33.8. The third kappa shape index (κ3) is 16.8. The van der Waals surface area contributed by atoms with Gasteiger partial charge in [-0.2, -0.15) is 0 Å². The van der Waals surface area contributed by atoms with E-state index in [0.29, 0.717) is 5.75 Å². The monoisotopic (exact) mass is 1550 g/mol. The molecule has 0 saturated carbocycles.